The van der Waals surface area contributed by atoms with Crippen LogP contribution in [0, 0.1) is 17.8 Å². The van der Waals surface area contributed by atoms with Crippen LogP contribution in [0.25, 0.3) is 0 Å². The van der Waals surface area contributed by atoms with Crippen molar-refractivity contribution in [2.75, 3.05) is 13.1 Å². The Balaban J connectivity index is 2.06. The van der Waals surface area contributed by atoms with E-state index < -0.39 is 0 Å². The summed E-state index contributed by atoms with van der Waals surface area (Å²) in [5, 5.41) is 3.35. The summed E-state index contributed by atoms with van der Waals surface area (Å²) < 4.78 is 0. The fraction of sp³-hybridized carbons (Fsp3) is 1.00. The first kappa shape index (κ1) is 3.90. The van der Waals surface area contributed by atoms with Crippen molar-refractivity contribution in [2.45, 2.75) is 6.92 Å². The third-order valence-electron chi connectivity index (χ3n) is 2.52. The second-order valence-electron chi connectivity index (χ2n) is 2.85. The molecule has 3 atom stereocenters. The summed E-state index contributed by atoms with van der Waals surface area (Å²) in [6.45, 7) is 4.95. The first-order chi connectivity index (χ1) is 3.39. The molecular weight excluding hydrogens is 86.1 g/mol. The third kappa shape index (κ3) is 0.367. The monoisotopic (exact) mass is 97.1 g/mol. The van der Waals surface area contributed by atoms with Crippen molar-refractivity contribution in [3.8, 4) is 0 Å². The average Bonchev–Trinajstić information content (AvgIpc) is 2.26. The molecule has 1 heterocycles. The van der Waals surface area contributed by atoms with Gasteiger partial charge in [0.05, 0.1) is 0 Å². The molecule has 0 amide bonds. The van der Waals surface area contributed by atoms with Crippen LogP contribution < -0.4 is 5.32 Å². The van der Waals surface area contributed by atoms with Crippen LogP contribution in [0.1, 0.15) is 6.92 Å². The maximum atomic E-state index is 3.35. The fourth-order valence-electron chi connectivity index (χ4n) is 1.73. The lowest BCUT2D eigenvalue weighted by atomic mass is 10.3. The van der Waals surface area contributed by atoms with Gasteiger partial charge in [-0.05, 0) is 30.8 Å². The second-order valence-corrected chi connectivity index (χ2v) is 2.85. The molecule has 0 radical (unpaired) electrons. The molecule has 1 unspecified atom stereocenters. The largest absolute Gasteiger partial charge is 0.316 e. The standard InChI is InChI=1S/C6H11N/c1-4-5-2-7-3-6(4)5/h4-7H,2-3H2,1H3/t4?,5-,6+. The van der Waals surface area contributed by atoms with Gasteiger partial charge < -0.3 is 5.32 Å². The molecule has 40 valence electrons. The van der Waals surface area contributed by atoms with Gasteiger partial charge in [-0.2, -0.15) is 0 Å². The van der Waals surface area contributed by atoms with Crippen LogP contribution in [-0.2, 0) is 0 Å². The third-order valence-corrected chi connectivity index (χ3v) is 2.52. The van der Waals surface area contributed by atoms with E-state index in [9.17, 15) is 0 Å². The lowest BCUT2D eigenvalue weighted by Gasteiger charge is -1.93. The Kier molecular flexibility index (Phi) is 0.571. The van der Waals surface area contributed by atoms with Crippen molar-refractivity contribution in [1.29, 1.82) is 0 Å². The van der Waals surface area contributed by atoms with Crippen molar-refractivity contribution < 1.29 is 0 Å². The highest BCUT2D eigenvalue weighted by molar-refractivity contribution is 5.01. The molecule has 1 heteroatoms. The van der Waals surface area contributed by atoms with Gasteiger partial charge in [-0.25, -0.2) is 0 Å². The second kappa shape index (κ2) is 1.03. The van der Waals surface area contributed by atoms with E-state index in [1.165, 1.54) is 13.1 Å². The van der Waals surface area contributed by atoms with E-state index in [2.05, 4.69) is 12.2 Å². The van der Waals surface area contributed by atoms with Crippen molar-refractivity contribution in [3.05, 3.63) is 0 Å². The van der Waals surface area contributed by atoms with Gasteiger partial charge in [0.15, 0.2) is 0 Å². The van der Waals surface area contributed by atoms with Crippen LogP contribution in [0.5, 0.6) is 0 Å². The Morgan fingerprint density at radius 2 is 1.86 bits per heavy atom. The molecule has 0 aromatic rings. The molecule has 2 aliphatic rings. The minimum atomic E-state index is 1.06. The number of fused-ring (bicyclic) bond motifs is 1. The molecule has 7 heavy (non-hydrogen) atoms. The van der Waals surface area contributed by atoms with Crippen LogP contribution in [0.4, 0.5) is 0 Å². The highest BCUT2D eigenvalue weighted by Crippen LogP contribution is 2.47. The van der Waals surface area contributed by atoms with Gasteiger partial charge in [0, 0.05) is 0 Å². The SMILES string of the molecule is CC1[C@H]2CNC[C@@H]12. The first-order valence-electron chi connectivity index (χ1n) is 3.10. The molecule has 1 aliphatic carbocycles. The molecule has 1 nitrogen and oxygen atoms in total. The molecule has 0 aromatic carbocycles. The first-order valence-corrected chi connectivity index (χ1v) is 3.10. The van der Waals surface area contributed by atoms with E-state index >= 15 is 0 Å². The Labute approximate surface area is 44.1 Å². The highest BCUT2D eigenvalue weighted by Gasteiger charge is 2.49. The van der Waals surface area contributed by atoms with Gasteiger partial charge >= 0.3 is 0 Å². The molecule has 1 N–H and O–H groups in total. The topological polar surface area (TPSA) is 12.0 Å². The van der Waals surface area contributed by atoms with Crippen LogP contribution >= 0.6 is 0 Å². The minimum Gasteiger partial charge on any atom is -0.316 e. The maximum absolute atomic E-state index is 3.35. The molecular formula is C6H11N. The van der Waals surface area contributed by atoms with Crippen molar-refractivity contribution in [3.63, 3.8) is 0 Å². The predicted molar refractivity (Wildman–Crippen MR) is 29.0 cm³/mol. The molecule has 2 fully saturated rings. The van der Waals surface area contributed by atoms with E-state index in [1.54, 1.807) is 0 Å². The highest BCUT2D eigenvalue weighted by atomic mass is 15.0. The molecule has 1 aliphatic heterocycles. The van der Waals surface area contributed by atoms with Crippen molar-refractivity contribution in [2.24, 2.45) is 17.8 Å². The number of hydrogen-bond acceptors (Lipinski definition) is 1. The fourth-order valence-corrected chi connectivity index (χ4v) is 1.73. The summed E-state index contributed by atoms with van der Waals surface area (Å²) in [5.74, 6) is 3.20. The summed E-state index contributed by atoms with van der Waals surface area (Å²) in [6, 6.07) is 0. The summed E-state index contributed by atoms with van der Waals surface area (Å²) in [6.07, 6.45) is 0. The van der Waals surface area contributed by atoms with Crippen LogP contribution in [0.15, 0.2) is 0 Å². The van der Waals surface area contributed by atoms with E-state index in [0.29, 0.717) is 0 Å². The molecule has 0 aromatic heterocycles. The number of hydrogen-bond donors (Lipinski definition) is 1. The van der Waals surface area contributed by atoms with E-state index in [0.717, 1.165) is 17.8 Å². The average molecular weight is 97.2 g/mol. The molecule has 1 saturated heterocycles. The van der Waals surface area contributed by atoms with E-state index in [-0.39, 0.29) is 0 Å². The summed E-state index contributed by atoms with van der Waals surface area (Å²) >= 11 is 0. The Morgan fingerprint density at radius 3 is 2.14 bits per heavy atom. The van der Waals surface area contributed by atoms with E-state index in [4.69, 9.17) is 0 Å². The van der Waals surface area contributed by atoms with Gasteiger partial charge in [0.2, 0.25) is 0 Å². The Bertz CT molecular complexity index is 80.2. The summed E-state index contributed by atoms with van der Waals surface area (Å²) in [7, 11) is 0. The number of rotatable bonds is 0. The number of piperidine rings is 1. The summed E-state index contributed by atoms with van der Waals surface area (Å²) in [4.78, 5) is 0. The predicted octanol–water partition coefficient (Wildman–Crippen LogP) is 0.472. The molecule has 2 rings (SSSR count). The molecule has 0 spiro atoms. The lowest BCUT2D eigenvalue weighted by molar-refractivity contribution is 0.634. The van der Waals surface area contributed by atoms with E-state index in [1.807, 2.05) is 0 Å². The van der Waals surface area contributed by atoms with Gasteiger partial charge in [0.25, 0.3) is 0 Å². The maximum Gasteiger partial charge on any atom is -0.00145 e. The Hall–Kier alpha value is -0.0400. The van der Waals surface area contributed by atoms with Crippen molar-refractivity contribution in [1.82, 2.24) is 5.32 Å². The zero-order valence-electron chi connectivity index (χ0n) is 4.65. The molecule has 1 saturated carbocycles. The lowest BCUT2D eigenvalue weighted by Crippen LogP contribution is -2.13. The van der Waals surface area contributed by atoms with Gasteiger partial charge in [-0.3, -0.25) is 0 Å². The van der Waals surface area contributed by atoms with Crippen LogP contribution in [0.2, 0.25) is 0 Å². The number of nitrogens with one attached hydrogen (secondary N) is 1. The van der Waals surface area contributed by atoms with Crippen LogP contribution in [-0.4, -0.2) is 13.1 Å². The van der Waals surface area contributed by atoms with Gasteiger partial charge in [0.1, 0.15) is 0 Å². The van der Waals surface area contributed by atoms with Gasteiger partial charge in [-0.15, -0.1) is 0 Å². The zero-order chi connectivity index (χ0) is 4.85. The van der Waals surface area contributed by atoms with Crippen molar-refractivity contribution >= 4 is 0 Å². The molecule has 0 bridgehead atoms. The van der Waals surface area contributed by atoms with Gasteiger partial charge in [-0.1, -0.05) is 6.92 Å². The quantitative estimate of drug-likeness (QED) is 0.463. The van der Waals surface area contributed by atoms with Crippen LogP contribution in [0.3, 0.4) is 0 Å². The zero-order valence-corrected chi connectivity index (χ0v) is 4.65. The summed E-state index contributed by atoms with van der Waals surface area (Å²) in [5.41, 5.74) is 0. The normalized spacial score (nSPS) is 57.0. The Morgan fingerprint density at radius 1 is 1.29 bits per heavy atom. The smallest absolute Gasteiger partial charge is 0.00145 e. The minimum absolute atomic E-state index is 1.06.